The van der Waals surface area contributed by atoms with E-state index in [1.54, 1.807) is 6.20 Å². The maximum Gasteiger partial charge on any atom is 0.129 e. The Balaban J connectivity index is 2.51. The zero-order valence-electron chi connectivity index (χ0n) is 13.8. The van der Waals surface area contributed by atoms with Gasteiger partial charge < -0.3 is 10.2 Å². The monoisotopic (exact) mass is 319 g/mol. The summed E-state index contributed by atoms with van der Waals surface area (Å²) in [5.41, 5.74) is 1.38. The summed E-state index contributed by atoms with van der Waals surface area (Å²) in [7, 11) is 1.87. The Morgan fingerprint density at radius 3 is 2.77 bits per heavy atom. The van der Waals surface area contributed by atoms with Crippen molar-refractivity contribution in [2.75, 3.05) is 7.05 Å². The molecule has 0 amide bonds. The summed E-state index contributed by atoms with van der Waals surface area (Å²) in [6.45, 7) is 6.01. The second kappa shape index (κ2) is 6.73. The highest BCUT2D eigenvalue weighted by Crippen LogP contribution is 2.38. The van der Waals surface area contributed by atoms with Crippen LogP contribution in [0.25, 0.3) is 0 Å². The van der Waals surface area contributed by atoms with Gasteiger partial charge in [0.15, 0.2) is 0 Å². The van der Waals surface area contributed by atoms with Crippen LogP contribution in [0.1, 0.15) is 52.0 Å². The van der Waals surface area contributed by atoms with Gasteiger partial charge in [0, 0.05) is 19.4 Å². The SMILES string of the molecule is CNC(=S)C1(c2cccnc2)CCCCC1=NOC(C)(C)C. The van der Waals surface area contributed by atoms with Crippen LogP contribution in [0.3, 0.4) is 0 Å². The fourth-order valence-electron chi connectivity index (χ4n) is 2.87. The second-order valence-corrected chi connectivity index (χ2v) is 7.08. The minimum absolute atomic E-state index is 0.313. The molecule has 1 atom stereocenters. The molecule has 0 spiro atoms. The predicted molar refractivity (Wildman–Crippen MR) is 94.3 cm³/mol. The summed E-state index contributed by atoms with van der Waals surface area (Å²) < 4.78 is 0. The van der Waals surface area contributed by atoms with Crippen molar-refractivity contribution in [3.8, 4) is 0 Å². The molecule has 0 bridgehead atoms. The van der Waals surface area contributed by atoms with Crippen LogP contribution in [0.4, 0.5) is 0 Å². The molecule has 0 aliphatic heterocycles. The van der Waals surface area contributed by atoms with Crippen LogP contribution in [-0.2, 0) is 10.3 Å². The van der Waals surface area contributed by atoms with E-state index in [9.17, 15) is 0 Å². The maximum atomic E-state index is 5.72. The van der Waals surface area contributed by atoms with Crippen LogP contribution in [0.15, 0.2) is 29.7 Å². The quantitative estimate of drug-likeness (QED) is 0.683. The fourth-order valence-corrected chi connectivity index (χ4v) is 3.21. The first-order chi connectivity index (χ1) is 10.4. The van der Waals surface area contributed by atoms with Gasteiger partial charge in [-0.3, -0.25) is 4.98 Å². The van der Waals surface area contributed by atoms with Crippen molar-refractivity contribution in [1.29, 1.82) is 0 Å². The Hall–Kier alpha value is -1.49. The molecule has 0 radical (unpaired) electrons. The Labute approximate surface area is 138 Å². The number of aromatic nitrogens is 1. The molecule has 22 heavy (non-hydrogen) atoms. The van der Waals surface area contributed by atoms with Crippen molar-refractivity contribution in [2.45, 2.75) is 57.5 Å². The Morgan fingerprint density at radius 2 is 2.18 bits per heavy atom. The highest BCUT2D eigenvalue weighted by molar-refractivity contribution is 7.80. The molecule has 1 N–H and O–H groups in total. The van der Waals surface area contributed by atoms with Crippen LogP contribution in [0, 0.1) is 0 Å². The van der Waals surface area contributed by atoms with E-state index >= 15 is 0 Å². The van der Waals surface area contributed by atoms with Gasteiger partial charge in [-0.1, -0.05) is 29.9 Å². The Kier molecular flexibility index (Phi) is 5.16. The molecule has 1 aromatic heterocycles. The summed E-state index contributed by atoms with van der Waals surface area (Å²) in [6, 6.07) is 4.03. The Bertz CT molecular complexity index is 551. The number of likely N-dealkylation sites (N-methyl/N-ethyl adjacent to an activating group) is 1. The third-order valence-electron chi connectivity index (χ3n) is 3.91. The molecular weight excluding hydrogens is 294 g/mol. The van der Waals surface area contributed by atoms with Gasteiger partial charge in [0.1, 0.15) is 5.60 Å². The second-order valence-electron chi connectivity index (χ2n) is 6.67. The topological polar surface area (TPSA) is 46.5 Å². The number of hydrogen-bond acceptors (Lipinski definition) is 4. The normalized spacial score (nSPS) is 24.1. The van der Waals surface area contributed by atoms with Gasteiger partial charge in [0.2, 0.25) is 0 Å². The van der Waals surface area contributed by atoms with Crippen molar-refractivity contribution in [1.82, 2.24) is 10.3 Å². The molecule has 1 fully saturated rings. The van der Waals surface area contributed by atoms with Gasteiger partial charge in [-0.25, -0.2) is 0 Å². The molecule has 2 rings (SSSR count). The molecular formula is C17H25N3OS. The van der Waals surface area contributed by atoms with Crippen molar-refractivity contribution in [3.63, 3.8) is 0 Å². The van der Waals surface area contributed by atoms with Crippen LogP contribution in [0.2, 0.25) is 0 Å². The molecule has 4 nitrogen and oxygen atoms in total. The number of hydrogen-bond donors (Lipinski definition) is 1. The fraction of sp³-hybridized carbons (Fsp3) is 0.588. The number of nitrogens with zero attached hydrogens (tertiary/aromatic N) is 2. The molecule has 1 unspecified atom stereocenters. The van der Waals surface area contributed by atoms with E-state index in [-0.39, 0.29) is 5.60 Å². The van der Waals surface area contributed by atoms with E-state index in [1.807, 2.05) is 40.1 Å². The number of pyridine rings is 1. The van der Waals surface area contributed by atoms with Gasteiger partial charge in [0.05, 0.1) is 16.1 Å². The van der Waals surface area contributed by atoms with E-state index in [1.165, 1.54) is 0 Å². The van der Waals surface area contributed by atoms with Gasteiger partial charge in [-0.15, -0.1) is 0 Å². The van der Waals surface area contributed by atoms with Gasteiger partial charge in [-0.2, -0.15) is 0 Å². The number of nitrogens with one attached hydrogen (secondary N) is 1. The number of rotatable bonds is 3. The molecule has 1 aliphatic carbocycles. The van der Waals surface area contributed by atoms with E-state index < -0.39 is 5.41 Å². The van der Waals surface area contributed by atoms with Gasteiger partial charge in [-0.05, 0) is 51.7 Å². The molecule has 5 heteroatoms. The minimum Gasteiger partial charge on any atom is -0.390 e. The lowest BCUT2D eigenvalue weighted by molar-refractivity contribution is -0.000592. The lowest BCUT2D eigenvalue weighted by atomic mass is 9.68. The average molecular weight is 319 g/mol. The van der Waals surface area contributed by atoms with Gasteiger partial charge in [0.25, 0.3) is 0 Å². The molecule has 0 aromatic carbocycles. The molecule has 1 saturated carbocycles. The van der Waals surface area contributed by atoms with Crippen LogP contribution in [-0.4, -0.2) is 28.3 Å². The van der Waals surface area contributed by atoms with Crippen LogP contribution in [0.5, 0.6) is 0 Å². The van der Waals surface area contributed by atoms with E-state index in [0.717, 1.165) is 41.9 Å². The highest BCUT2D eigenvalue weighted by atomic mass is 32.1. The van der Waals surface area contributed by atoms with Crippen molar-refractivity contribution in [3.05, 3.63) is 30.1 Å². The van der Waals surface area contributed by atoms with E-state index in [2.05, 4.69) is 21.5 Å². The van der Waals surface area contributed by atoms with Crippen molar-refractivity contribution >= 4 is 22.9 Å². The maximum absolute atomic E-state index is 5.72. The first kappa shape index (κ1) is 16.9. The zero-order chi connectivity index (χ0) is 16.2. The smallest absolute Gasteiger partial charge is 0.129 e. The Morgan fingerprint density at radius 1 is 1.41 bits per heavy atom. The van der Waals surface area contributed by atoms with Crippen LogP contribution < -0.4 is 5.32 Å². The molecule has 0 saturated heterocycles. The van der Waals surface area contributed by atoms with Crippen molar-refractivity contribution < 1.29 is 4.84 Å². The standard InChI is InChI=1S/C17H25N3OS/c1-16(2,3)21-20-14-9-5-6-10-17(14,15(22)18-4)13-8-7-11-19-12-13/h7-8,11-12H,5-6,9-10H2,1-4H3,(H,18,22). The summed E-state index contributed by atoms with van der Waals surface area (Å²) in [5.74, 6) is 0. The van der Waals surface area contributed by atoms with E-state index in [0.29, 0.717) is 0 Å². The number of thiocarbonyl (C=S) groups is 1. The van der Waals surface area contributed by atoms with Gasteiger partial charge >= 0.3 is 0 Å². The first-order valence-corrected chi connectivity index (χ1v) is 8.19. The summed E-state index contributed by atoms with van der Waals surface area (Å²) in [6.07, 6.45) is 7.73. The van der Waals surface area contributed by atoms with Crippen molar-refractivity contribution in [2.24, 2.45) is 5.16 Å². The number of oxime groups is 1. The average Bonchev–Trinajstić information content (AvgIpc) is 2.52. The molecule has 1 aromatic rings. The molecule has 120 valence electrons. The van der Waals surface area contributed by atoms with Crippen LogP contribution >= 0.6 is 12.2 Å². The molecule has 1 heterocycles. The largest absolute Gasteiger partial charge is 0.390 e. The first-order valence-electron chi connectivity index (χ1n) is 7.78. The summed E-state index contributed by atoms with van der Waals surface area (Å²) >= 11 is 5.68. The summed E-state index contributed by atoms with van der Waals surface area (Å²) in [5, 5.41) is 7.68. The predicted octanol–water partition coefficient (Wildman–Crippen LogP) is 3.61. The third-order valence-corrected chi connectivity index (χ3v) is 4.46. The highest BCUT2D eigenvalue weighted by Gasteiger charge is 2.44. The summed E-state index contributed by atoms with van der Waals surface area (Å²) in [4.78, 5) is 10.8. The minimum atomic E-state index is -0.401. The molecule has 1 aliphatic rings. The van der Waals surface area contributed by atoms with E-state index in [4.69, 9.17) is 17.1 Å². The lowest BCUT2D eigenvalue weighted by Crippen LogP contribution is -2.50. The third kappa shape index (κ3) is 3.46. The lowest BCUT2D eigenvalue weighted by Gasteiger charge is -2.39. The zero-order valence-corrected chi connectivity index (χ0v) is 14.7.